The summed E-state index contributed by atoms with van der Waals surface area (Å²) in [5, 5.41) is 12.5. The Labute approximate surface area is 238 Å². The summed E-state index contributed by atoms with van der Waals surface area (Å²) in [6.45, 7) is 5.59. The van der Waals surface area contributed by atoms with Gasteiger partial charge in [-0.2, -0.15) is 4.99 Å². The van der Waals surface area contributed by atoms with Crippen LogP contribution in [0.4, 0.5) is 0 Å². The van der Waals surface area contributed by atoms with E-state index in [0.29, 0.717) is 24.2 Å². The quantitative estimate of drug-likeness (QED) is 0.232. The van der Waals surface area contributed by atoms with Gasteiger partial charge in [0, 0.05) is 28.1 Å². The number of nitrogens with zero attached hydrogens (tertiary/aromatic N) is 3. The molecule has 3 heterocycles. The van der Waals surface area contributed by atoms with E-state index in [1.165, 1.54) is 17.3 Å². The highest BCUT2D eigenvalue weighted by atomic mass is 32.2. The molecule has 1 atom stereocenters. The van der Waals surface area contributed by atoms with E-state index in [1.54, 1.807) is 11.0 Å². The molecule has 1 amide bonds. The lowest BCUT2D eigenvalue weighted by molar-refractivity contribution is -0.114. The highest BCUT2D eigenvalue weighted by Crippen LogP contribution is 2.37. The van der Waals surface area contributed by atoms with Gasteiger partial charge in [0.05, 0.1) is 17.8 Å². The van der Waals surface area contributed by atoms with Crippen LogP contribution in [0, 0.1) is 5.41 Å². The summed E-state index contributed by atoms with van der Waals surface area (Å²) in [7, 11) is 0. The first-order chi connectivity index (χ1) is 19.5. The van der Waals surface area contributed by atoms with Crippen LogP contribution in [0.25, 0.3) is 22.7 Å². The van der Waals surface area contributed by atoms with Crippen LogP contribution in [0.3, 0.4) is 0 Å². The number of thioether (sulfide) groups is 1. The number of nitrogens with one attached hydrogen (secondary N) is 1. The van der Waals surface area contributed by atoms with E-state index in [9.17, 15) is 4.79 Å². The number of rotatable bonds is 8. The van der Waals surface area contributed by atoms with Crippen molar-refractivity contribution in [1.29, 1.82) is 5.41 Å². The van der Waals surface area contributed by atoms with Crippen LogP contribution in [0.2, 0.25) is 0 Å². The molecule has 2 aliphatic heterocycles. The maximum atomic E-state index is 13.1. The fourth-order valence-corrected chi connectivity index (χ4v) is 5.92. The smallest absolute Gasteiger partial charge is 0.283 e. The van der Waals surface area contributed by atoms with Gasteiger partial charge in [0.2, 0.25) is 0 Å². The first kappa shape index (κ1) is 25.9. The highest BCUT2D eigenvalue weighted by molar-refractivity contribution is 8.17. The maximum Gasteiger partial charge on any atom is 0.283 e. The predicted octanol–water partition coefficient (Wildman–Crippen LogP) is 7.54. The van der Waals surface area contributed by atoms with Gasteiger partial charge in [-0.05, 0) is 47.7 Å². The summed E-state index contributed by atoms with van der Waals surface area (Å²) in [4.78, 5) is 19.1. The van der Waals surface area contributed by atoms with E-state index < -0.39 is 5.91 Å². The van der Waals surface area contributed by atoms with Crippen molar-refractivity contribution in [3.8, 4) is 5.75 Å². The van der Waals surface area contributed by atoms with E-state index in [4.69, 9.17) is 10.1 Å². The van der Waals surface area contributed by atoms with Gasteiger partial charge >= 0.3 is 0 Å². The largest absolute Gasteiger partial charge is 0.492 e. The lowest BCUT2D eigenvalue weighted by Gasteiger charge is -2.26. The molecule has 40 heavy (non-hydrogen) atoms. The molecule has 1 aromatic heterocycles. The Morgan fingerprint density at radius 2 is 1.77 bits per heavy atom. The Kier molecular flexibility index (Phi) is 7.13. The van der Waals surface area contributed by atoms with E-state index in [0.717, 1.165) is 39.9 Å². The number of aromatic nitrogens is 1. The van der Waals surface area contributed by atoms with Gasteiger partial charge in [-0.1, -0.05) is 86.3 Å². The molecule has 0 bridgehead atoms. The van der Waals surface area contributed by atoms with Crippen molar-refractivity contribution in [2.45, 2.75) is 32.7 Å². The first-order valence-electron chi connectivity index (χ1n) is 13.5. The number of aliphatic imine (C=N–C) groups is 1. The first-order valence-corrected chi connectivity index (χ1v) is 14.4. The van der Waals surface area contributed by atoms with E-state index in [-0.39, 0.29) is 11.4 Å². The zero-order valence-electron chi connectivity index (χ0n) is 22.5. The van der Waals surface area contributed by atoms with E-state index in [2.05, 4.69) is 41.6 Å². The van der Waals surface area contributed by atoms with Gasteiger partial charge in [-0.15, -0.1) is 0 Å². The molecular weight excluding hydrogens is 516 g/mol. The van der Waals surface area contributed by atoms with Gasteiger partial charge in [-0.3, -0.25) is 15.1 Å². The topological polar surface area (TPSA) is 70.7 Å². The van der Waals surface area contributed by atoms with Crippen LogP contribution < -0.4 is 4.74 Å². The molecule has 6 nitrogen and oxygen atoms in total. The number of ether oxygens (including phenoxy) is 1. The molecule has 4 aromatic rings. The number of amidine groups is 2. The number of amides is 1. The zero-order valence-corrected chi connectivity index (χ0v) is 23.3. The molecule has 1 unspecified atom stereocenters. The van der Waals surface area contributed by atoms with Gasteiger partial charge < -0.3 is 9.30 Å². The van der Waals surface area contributed by atoms with Crippen LogP contribution >= 0.6 is 11.8 Å². The molecule has 7 heteroatoms. The number of carbonyl (C=O) groups is 1. The van der Waals surface area contributed by atoms with E-state index in [1.807, 2.05) is 72.3 Å². The fourth-order valence-electron chi connectivity index (χ4n) is 5.04. The van der Waals surface area contributed by atoms with Crippen LogP contribution in [-0.4, -0.2) is 33.0 Å². The molecule has 2 aliphatic rings. The monoisotopic (exact) mass is 546 g/mol. The van der Waals surface area contributed by atoms with Crippen LogP contribution in [0.5, 0.6) is 5.75 Å². The van der Waals surface area contributed by atoms with Crippen LogP contribution in [0.15, 0.2) is 101 Å². The normalized spacial score (nSPS) is 16.8. The van der Waals surface area contributed by atoms with Gasteiger partial charge in [0.25, 0.3) is 5.91 Å². The van der Waals surface area contributed by atoms with E-state index >= 15 is 0 Å². The second kappa shape index (κ2) is 11.0. The number of para-hydroxylation sites is 1. The Morgan fingerprint density at radius 1 is 1.02 bits per heavy atom. The lowest BCUT2D eigenvalue weighted by atomic mass is 9.99. The number of fused-ring (bicyclic) bond motifs is 2. The summed E-state index contributed by atoms with van der Waals surface area (Å²) in [6.07, 6.45) is 4.93. The van der Waals surface area contributed by atoms with Crippen molar-refractivity contribution in [2.24, 2.45) is 4.99 Å². The van der Waals surface area contributed by atoms with Crippen molar-refractivity contribution in [1.82, 2.24) is 9.47 Å². The van der Waals surface area contributed by atoms with Crippen molar-refractivity contribution >= 4 is 51.3 Å². The summed E-state index contributed by atoms with van der Waals surface area (Å²) in [5.74, 6) is 1.13. The SMILES string of the molecule is CCC(C)c1ccc(OCCn2cc(C=C3C(=N)N4C(c5ccccc5)=CSC4=NC3=O)c3ccccc32)cc1. The summed E-state index contributed by atoms with van der Waals surface area (Å²) < 4.78 is 8.21. The Hall–Kier alpha value is -4.36. The molecule has 6 rings (SSSR count). The van der Waals surface area contributed by atoms with Crippen molar-refractivity contribution in [2.75, 3.05) is 6.61 Å². The Balaban J connectivity index is 1.25. The Morgan fingerprint density at radius 3 is 2.55 bits per heavy atom. The maximum absolute atomic E-state index is 13.1. The lowest BCUT2D eigenvalue weighted by Crippen LogP contribution is -2.38. The van der Waals surface area contributed by atoms with Crippen LogP contribution in [-0.2, 0) is 11.3 Å². The summed E-state index contributed by atoms with van der Waals surface area (Å²) in [6, 6.07) is 26.3. The minimum absolute atomic E-state index is 0.135. The molecular formula is C33H30N4O2S. The molecule has 0 saturated heterocycles. The minimum Gasteiger partial charge on any atom is -0.492 e. The predicted molar refractivity (Wildman–Crippen MR) is 165 cm³/mol. The van der Waals surface area contributed by atoms with Gasteiger partial charge in [0.15, 0.2) is 5.17 Å². The molecule has 1 N–H and O–H groups in total. The average molecular weight is 547 g/mol. The molecule has 0 fully saturated rings. The summed E-state index contributed by atoms with van der Waals surface area (Å²) >= 11 is 1.37. The van der Waals surface area contributed by atoms with Crippen molar-refractivity contribution in [3.05, 3.63) is 113 Å². The molecule has 0 spiro atoms. The Bertz CT molecular complexity index is 1680. The third kappa shape index (κ3) is 4.89. The van der Waals surface area contributed by atoms with Gasteiger partial charge in [0.1, 0.15) is 18.2 Å². The molecule has 3 aromatic carbocycles. The van der Waals surface area contributed by atoms with Crippen molar-refractivity contribution in [3.63, 3.8) is 0 Å². The zero-order chi connectivity index (χ0) is 27.6. The number of hydrogen-bond acceptors (Lipinski definition) is 4. The molecule has 0 aliphatic carbocycles. The molecule has 0 radical (unpaired) electrons. The number of carbonyl (C=O) groups excluding carboxylic acids is 1. The molecule has 200 valence electrons. The molecule has 0 saturated carbocycles. The standard InChI is InChI=1S/C33H30N4O2S/c1-3-22(2)23-13-15-26(16-14-23)39-18-17-36-20-25(27-11-7-8-12-29(27)36)19-28-31(34)37-30(24-9-5-4-6-10-24)21-40-33(37)35-32(28)38/h4-16,19-22,34H,3,17-18H2,1-2H3. The second-order valence-corrected chi connectivity index (χ2v) is 10.8. The van der Waals surface area contributed by atoms with Crippen molar-refractivity contribution < 1.29 is 9.53 Å². The second-order valence-electron chi connectivity index (χ2n) is 9.95. The fraction of sp³-hybridized carbons (Fsp3) is 0.182. The minimum atomic E-state index is -0.396. The third-order valence-electron chi connectivity index (χ3n) is 7.47. The summed E-state index contributed by atoms with van der Waals surface area (Å²) in [5.41, 5.74) is 5.34. The third-order valence-corrected chi connectivity index (χ3v) is 8.29. The number of hydrogen-bond donors (Lipinski definition) is 1. The van der Waals surface area contributed by atoms with Gasteiger partial charge in [-0.25, -0.2) is 0 Å². The average Bonchev–Trinajstić information content (AvgIpc) is 3.57. The number of benzene rings is 3. The highest BCUT2D eigenvalue weighted by Gasteiger charge is 2.36. The van der Waals surface area contributed by atoms with Crippen LogP contribution in [0.1, 0.15) is 42.9 Å².